The molecule has 0 atom stereocenters. The molecule has 2 heterocycles. The van der Waals surface area contributed by atoms with Gasteiger partial charge in [0.05, 0.1) is 5.69 Å². The van der Waals surface area contributed by atoms with Gasteiger partial charge in [-0.3, -0.25) is 4.79 Å². The summed E-state index contributed by atoms with van der Waals surface area (Å²) in [5.41, 5.74) is 3.21. The highest BCUT2D eigenvalue weighted by Crippen LogP contribution is 2.26. The van der Waals surface area contributed by atoms with E-state index in [9.17, 15) is 4.79 Å². The topological polar surface area (TPSA) is 46.4 Å². The molecule has 1 aliphatic rings. The van der Waals surface area contributed by atoms with Gasteiger partial charge in [0, 0.05) is 31.3 Å². The number of carbonyl (C=O) groups is 1. The second-order valence-corrected chi connectivity index (χ2v) is 5.37. The predicted molar refractivity (Wildman–Crippen MR) is 74.0 cm³/mol. The van der Waals surface area contributed by atoms with E-state index in [0.29, 0.717) is 6.54 Å². The van der Waals surface area contributed by atoms with Crippen molar-refractivity contribution in [1.29, 1.82) is 0 Å². The summed E-state index contributed by atoms with van der Waals surface area (Å²) in [6.07, 6.45) is 8.15. The van der Waals surface area contributed by atoms with E-state index in [2.05, 4.69) is 29.4 Å². The number of aryl methyl sites for hydroxylation is 1. The number of nitrogens with one attached hydrogen (secondary N) is 1. The summed E-state index contributed by atoms with van der Waals surface area (Å²) < 4.78 is 2.02. The van der Waals surface area contributed by atoms with Crippen molar-refractivity contribution < 1.29 is 4.79 Å². The number of hydrogen-bond donors (Lipinski definition) is 1. The largest absolute Gasteiger partial charge is 0.355 e. The van der Waals surface area contributed by atoms with E-state index in [1.165, 1.54) is 12.0 Å². The summed E-state index contributed by atoms with van der Waals surface area (Å²) in [6, 6.07) is 4.13. The molecule has 3 rings (SSSR count). The lowest BCUT2D eigenvalue weighted by Gasteiger charge is -2.23. The number of amides is 1. The van der Waals surface area contributed by atoms with Crippen LogP contribution >= 0.6 is 0 Å². The van der Waals surface area contributed by atoms with Crippen molar-refractivity contribution in [2.45, 2.75) is 32.6 Å². The average molecular weight is 257 g/mol. The number of imidazole rings is 1. The van der Waals surface area contributed by atoms with Crippen LogP contribution in [0.25, 0.3) is 5.65 Å². The molecule has 4 nitrogen and oxygen atoms in total. The molecular weight excluding hydrogens is 238 g/mol. The first-order chi connectivity index (χ1) is 9.22. The van der Waals surface area contributed by atoms with Crippen LogP contribution in [-0.4, -0.2) is 21.8 Å². The van der Waals surface area contributed by atoms with Crippen molar-refractivity contribution in [3.63, 3.8) is 0 Å². The standard InChI is InChI=1S/C15H19N3O/c1-11-6-8-18-10-13(17-14(18)9-11)5-7-16-15(19)12-3-2-4-12/h6,8-10,12H,2-5,7H2,1H3,(H,16,19). The van der Waals surface area contributed by atoms with E-state index in [1.54, 1.807) is 0 Å². The van der Waals surface area contributed by atoms with Crippen LogP contribution in [0.2, 0.25) is 0 Å². The van der Waals surface area contributed by atoms with E-state index in [4.69, 9.17) is 0 Å². The first-order valence-corrected chi connectivity index (χ1v) is 6.94. The minimum Gasteiger partial charge on any atom is -0.355 e. The van der Waals surface area contributed by atoms with Crippen LogP contribution in [-0.2, 0) is 11.2 Å². The Morgan fingerprint density at radius 3 is 3.11 bits per heavy atom. The zero-order valence-electron chi connectivity index (χ0n) is 11.2. The fourth-order valence-corrected chi connectivity index (χ4v) is 2.39. The lowest BCUT2D eigenvalue weighted by Crippen LogP contribution is -2.35. The monoisotopic (exact) mass is 257 g/mol. The van der Waals surface area contributed by atoms with Crippen LogP contribution in [0.4, 0.5) is 0 Å². The molecule has 19 heavy (non-hydrogen) atoms. The van der Waals surface area contributed by atoms with Crippen LogP contribution in [0.5, 0.6) is 0 Å². The minimum absolute atomic E-state index is 0.214. The average Bonchev–Trinajstić information content (AvgIpc) is 2.68. The smallest absolute Gasteiger partial charge is 0.223 e. The summed E-state index contributed by atoms with van der Waals surface area (Å²) >= 11 is 0. The molecule has 100 valence electrons. The van der Waals surface area contributed by atoms with Crippen LogP contribution in [0, 0.1) is 12.8 Å². The molecule has 1 amide bonds. The first-order valence-electron chi connectivity index (χ1n) is 6.94. The quantitative estimate of drug-likeness (QED) is 0.911. The Hall–Kier alpha value is -1.84. The highest BCUT2D eigenvalue weighted by molar-refractivity contribution is 5.79. The maximum absolute atomic E-state index is 11.7. The molecule has 1 N–H and O–H groups in total. The van der Waals surface area contributed by atoms with Gasteiger partial charge in [-0.05, 0) is 37.5 Å². The van der Waals surface area contributed by atoms with Crippen LogP contribution < -0.4 is 5.32 Å². The molecular formula is C15H19N3O. The Kier molecular flexibility index (Phi) is 3.23. The number of rotatable bonds is 4. The molecule has 0 saturated heterocycles. The zero-order valence-corrected chi connectivity index (χ0v) is 11.2. The number of carbonyl (C=O) groups excluding carboxylic acids is 1. The predicted octanol–water partition coefficient (Wildman–Crippen LogP) is 2.10. The second-order valence-electron chi connectivity index (χ2n) is 5.37. The van der Waals surface area contributed by atoms with Crippen molar-refractivity contribution in [2.24, 2.45) is 5.92 Å². The van der Waals surface area contributed by atoms with E-state index in [1.807, 2.05) is 16.8 Å². The molecule has 0 aromatic carbocycles. The highest BCUT2D eigenvalue weighted by Gasteiger charge is 2.24. The molecule has 4 heteroatoms. The molecule has 0 aliphatic heterocycles. The van der Waals surface area contributed by atoms with Crippen LogP contribution in [0.15, 0.2) is 24.5 Å². The van der Waals surface area contributed by atoms with Gasteiger partial charge < -0.3 is 9.72 Å². The third-order valence-corrected chi connectivity index (χ3v) is 3.82. The first kappa shape index (κ1) is 12.2. The van der Waals surface area contributed by atoms with Gasteiger partial charge >= 0.3 is 0 Å². The number of aromatic nitrogens is 2. The maximum Gasteiger partial charge on any atom is 0.223 e. The second kappa shape index (κ2) is 5.03. The molecule has 0 unspecified atom stereocenters. The van der Waals surface area contributed by atoms with E-state index in [0.717, 1.165) is 30.6 Å². The van der Waals surface area contributed by atoms with Crippen molar-refractivity contribution >= 4 is 11.6 Å². The third-order valence-electron chi connectivity index (χ3n) is 3.82. The lowest BCUT2D eigenvalue weighted by atomic mass is 9.85. The summed E-state index contributed by atoms with van der Waals surface area (Å²) in [6.45, 7) is 2.74. The zero-order chi connectivity index (χ0) is 13.2. The van der Waals surface area contributed by atoms with Gasteiger partial charge in [-0.25, -0.2) is 4.98 Å². The number of hydrogen-bond acceptors (Lipinski definition) is 2. The normalized spacial score (nSPS) is 15.4. The molecule has 2 aromatic heterocycles. The minimum atomic E-state index is 0.214. The van der Waals surface area contributed by atoms with Gasteiger partial charge in [0.25, 0.3) is 0 Å². The van der Waals surface area contributed by atoms with Crippen molar-refractivity contribution in [3.8, 4) is 0 Å². The summed E-state index contributed by atoms with van der Waals surface area (Å²) in [5, 5.41) is 3.00. The molecule has 1 aliphatic carbocycles. The Balaban J connectivity index is 1.57. The number of fused-ring (bicyclic) bond motifs is 1. The molecule has 2 aromatic rings. The Morgan fingerprint density at radius 2 is 2.37 bits per heavy atom. The lowest BCUT2D eigenvalue weighted by molar-refractivity contribution is -0.127. The van der Waals surface area contributed by atoms with Gasteiger partial charge in [0.2, 0.25) is 5.91 Å². The third kappa shape index (κ3) is 2.62. The van der Waals surface area contributed by atoms with Crippen LogP contribution in [0.3, 0.4) is 0 Å². The van der Waals surface area contributed by atoms with Crippen LogP contribution in [0.1, 0.15) is 30.5 Å². The van der Waals surface area contributed by atoms with Crippen molar-refractivity contribution in [1.82, 2.24) is 14.7 Å². The number of pyridine rings is 1. The molecule has 0 radical (unpaired) electrons. The van der Waals surface area contributed by atoms with Gasteiger partial charge in [-0.1, -0.05) is 6.42 Å². The molecule has 0 bridgehead atoms. The fourth-order valence-electron chi connectivity index (χ4n) is 2.39. The van der Waals surface area contributed by atoms with E-state index >= 15 is 0 Å². The highest BCUT2D eigenvalue weighted by atomic mass is 16.1. The van der Waals surface area contributed by atoms with Gasteiger partial charge in [-0.15, -0.1) is 0 Å². The fraction of sp³-hybridized carbons (Fsp3) is 0.467. The molecule has 0 spiro atoms. The Morgan fingerprint density at radius 1 is 1.53 bits per heavy atom. The van der Waals surface area contributed by atoms with Gasteiger partial charge in [-0.2, -0.15) is 0 Å². The van der Waals surface area contributed by atoms with Crippen molar-refractivity contribution in [2.75, 3.05) is 6.54 Å². The molecule has 1 saturated carbocycles. The summed E-state index contributed by atoms with van der Waals surface area (Å²) in [4.78, 5) is 16.3. The van der Waals surface area contributed by atoms with Gasteiger partial charge in [0.1, 0.15) is 5.65 Å². The maximum atomic E-state index is 11.7. The van der Waals surface area contributed by atoms with Gasteiger partial charge in [0.15, 0.2) is 0 Å². The van der Waals surface area contributed by atoms with Crippen molar-refractivity contribution in [3.05, 3.63) is 35.8 Å². The number of nitrogens with zero attached hydrogens (tertiary/aromatic N) is 2. The SMILES string of the molecule is Cc1ccn2cc(CCNC(=O)C3CCC3)nc2c1. The van der Waals surface area contributed by atoms with E-state index in [-0.39, 0.29) is 11.8 Å². The Bertz CT molecular complexity index is 598. The summed E-state index contributed by atoms with van der Waals surface area (Å²) in [7, 11) is 0. The Labute approximate surface area is 112 Å². The summed E-state index contributed by atoms with van der Waals surface area (Å²) in [5.74, 6) is 0.481. The molecule has 1 fully saturated rings. The van der Waals surface area contributed by atoms with E-state index < -0.39 is 0 Å².